The number of ether oxygens (including phenoxy) is 1. The molecule has 0 radical (unpaired) electrons. The predicted molar refractivity (Wildman–Crippen MR) is 127 cm³/mol. The average Bonchev–Trinajstić information content (AvgIpc) is 2.66. The van der Waals surface area contributed by atoms with Crippen molar-refractivity contribution in [3.8, 4) is 0 Å². The molecule has 1 aromatic carbocycles. The van der Waals surface area contributed by atoms with Gasteiger partial charge in [0.1, 0.15) is 0 Å². The van der Waals surface area contributed by atoms with Crippen molar-refractivity contribution in [2.75, 3.05) is 33.3 Å². The van der Waals surface area contributed by atoms with Gasteiger partial charge in [-0.2, -0.15) is 0 Å². The van der Waals surface area contributed by atoms with Crippen molar-refractivity contribution in [1.29, 1.82) is 0 Å². The summed E-state index contributed by atoms with van der Waals surface area (Å²) in [7, 11) is 1.47. The Labute approximate surface area is 193 Å². The minimum Gasteiger partial charge on any atom is -0.469 e. The first-order valence-corrected chi connectivity index (χ1v) is 10.7. The Morgan fingerprint density at radius 1 is 1.36 bits per heavy atom. The Bertz CT molecular complexity index is 686. The van der Waals surface area contributed by atoms with Crippen LogP contribution < -0.4 is 5.32 Å². The van der Waals surface area contributed by atoms with Crippen molar-refractivity contribution in [2.24, 2.45) is 10.9 Å². The molecule has 0 aromatic heterocycles. The molecule has 1 saturated heterocycles. The summed E-state index contributed by atoms with van der Waals surface area (Å²) in [5, 5.41) is 3.44. The number of methoxy groups -OCH3 is 1. The number of nitrogens with one attached hydrogen (secondary N) is 1. The highest BCUT2D eigenvalue weighted by atomic mass is 127. The molecule has 1 aliphatic heterocycles. The number of rotatable bonds is 5. The van der Waals surface area contributed by atoms with E-state index in [1.54, 1.807) is 0 Å². The molecule has 0 spiro atoms. The van der Waals surface area contributed by atoms with Gasteiger partial charge in [0.15, 0.2) is 5.96 Å². The summed E-state index contributed by atoms with van der Waals surface area (Å²) in [6, 6.07) is 8.67. The second-order valence-corrected chi connectivity index (χ2v) is 8.51. The minimum atomic E-state index is -0.0836. The van der Waals surface area contributed by atoms with E-state index in [0.29, 0.717) is 0 Å². The number of nitrogens with zero attached hydrogens (tertiary/aromatic N) is 2. The van der Waals surface area contributed by atoms with Gasteiger partial charge in [0.05, 0.1) is 19.6 Å². The summed E-state index contributed by atoms with van der Waals surface area (Å²) >= 11 is 3.60. The number of guanidine groups is 1. The highest BCUT2D eigenvalue weighted by molar-refractivity contribution is 14.0. The summed E-state index contributed by atoms with van der Waals surface area (Å²) in [5.74, 6) is 0.913. The number of halogens is 2. The van der Waals surface area contributed by atoms with Gasteiger partial charge in [-0.15, -0.1) is 24.0 Å². The standard InChI is InChI=1S/C21H30BrN3O2.HI/c1-3-23-20(25-12-8-16(9-13-25)19(26)27-2)24-15-21(10-5-11-21)17-6-4-7-18(22)14-17;/h4,6-7,14,16H,3,5,8-13,15H2,1-2H3,(H,23,24);1H. The van der Waals surface area contributed by atoms with E-state index in [1.807, 2.05) is 0 Å². The molecule has 2 aliphatic rings. The molecule has 0 amide bonds. The molecule has 1 aliphatic carbocycles. The van der Waals surface area contributed by atoms with Gasteiger partial charge >= 0.3 is 5.97 Å². The Morgan fingerprint density at radius 3 is 2.61 bits per heavy atom. The number of likely N-dealkylation sites (tertiary alicyclic amines) is 1. The second kappa shape index (κ2) is 10.8. The molecule has 0 unspecified atom stereocenters. The number of carbonyl (C=O) groups excluding carboxylic acids is 1. The number of hydrogen-bond donors (Lipinski definition) is 1. The van der Waals surface area contributed by atoms with Crippen molar-refractivity contribution < 1.29 is 9.53 Å². The van der Waals surface area contributed by atoms with Crippen molar-refractivity contribution in [3.63, 3.8) is 0 Å². The Balaban J connectivity index is 0.00000280. The molecule has 0 bridgehead atoms. The second-order valence-electron chi connectivity index (χ2n) is 7.60. The predicted octanol–water partition coefficient (Wildman–Crippen LogP) is 4.34. The van der Waals surface area contributed by atoms with Gasteiger partial charge < -0.3 is 15.0 Å². The lowest BCUT2D eigenvalue weighted by atomic mass is 9.64. The van der Waals surface area contributed by atoms with Crippen molar-refractivity contribution in [1.82, 2.24) is 10.2 Å². The zero-order valence-corrected chi connectivity index (χ0v) is 20.7. The van der Waals surface area contributed by atoms with E-state index in [1.165, 1.54) is 31.9 Å². The van der Waals surface area contributed by atoms with Crippen molar-refractivity contribution >= 4 is 51.8 Å². The van der Waals surface area contributed by atoms with Crippen LogP contribution in [0.3, 0.4) is 0 Å². The molecule has 1 N–H and O–H groups in total. The molecule has 5 nitrogen and oxygen atoms in total. The largest absolute Gasteiger partial charge is 0.469 e. The monoisotopic (exact) mass is 563 g/mol. The van der Waals surface area contributed by atoms with Gasteiger partial charge in [-0.25, -0.2) is 0 Å². The van der Waals surface area contributed by atoms with Gasteiger partial charge in [-0.1, -0.05) is 34.5 Å². The third-order valence-corrected chi connectivity index (χ3v) is 6.44. The van der Waals surface area contributed by atoms with Crippen LogP contribution >= 0.6 is 39.9 Å². The molecule has 3 rings (SSSR count). The summed E-state index contributed by atoms with van der Waals surface area (Å²) in [6.07, 6.45) is 5.30. The Morgan fingerprint density at radius 2 is 2.07 bits per heavy atom. The van der Waals surface area contributed by atoms with Crippen molar-refractivity contribution in [3.05, 3.63) is 34.3 Å². The smallest absolute Gasteiger partial charge is 0.308 e. The molecule has 7 heteroatoms. The van der Waals surface area contributed by atoms with Crippen LogP contribution in [0.15, 0.2) is 33.7 Å². The van der Waals surface area contributed by atoms with E-state index in [-0.39, 0.29) is 41.3 Å². The number of aliphatic imine (C=N–C) groups is 1. The molecular formula is C21H31BrIN3O2. The lowest BCUT2D eigenvalue weighted by molar-refractivity contribution is -0.146. The maximum atomic E-state index is 11.8. The summed E-state index contributed by atoms with van der Waals surface area (Å²) < 4.78 is 6.03. The maximum Gasteiger partial charge on any atom is 0.308 e. The molecule has 156 valence electrons. The van der Waals surface area contributed by atoms with E-state index < -0.39 is 0 Å². The van der Waals surface area contributed by atoms with Gasteiger partial charge in [0, 0.05) is 29.5 Å². The van der Waals surface area contributed by atoms with E-state index in [9.17, 15) is 4.79 Å². The van der Waals surface area contributed by atoms with Crippen LogP contribution in [0.2, 0.25) is 0 Å². The number of benzene rings is 1. The summed E-state index contributed by atoms with van der Waals surface area (Å²) in [6.45, 7) is 5.44. The number of hydrogen-bond acceptors (Lipinski definition) is 3. The number of carbonyl (C=O) groups is 1. The van der Waals surface area contributed by atoms with Crippen LogP contribution in [-0.2, 0) is 14.9 Å². The summed E-state index contributed by atoms with van der Waals surface area (Å²) in [4.78, 5) is 19.1. The fourth-order valence-electron chi connectivity index (χ4n) is 4.11. The first-order chi connectivity index (χ1) is 13.1. The quantitative estimate of drug-likeness (QED) is 0.251. The minimum absolute atomic E-state index is 0. The average molecular weight is 564 g/mol. The van der Waals surface area contributed by atoms with Gasteiger partial charge in [0.2, 0.25) is 0 Å². The van der Waals surface area contributed by atoms with Crippen LogP contribution in [0.4, 0.5) is 0 Å². The molecule has 1 heterocycles. The topological polar surface area (TPSA) is 53.9 Å². The van der Waals surface area contributed by atoms with Crippen LogP contribution in [0.25, 0.3) is 0 Å². The zero-order chi connectivity index (χ0) is 19.3. The van der Waals surface area contributed by atoms with Crippen LogP contribution in [0.1, 0.15) is 44.6 Å². The molecule has 2 fully saturated rings. The van der Waals surface area contributed by atoms with E-state index in [0.717, 1.165) is 49.5 Å². The Hall–Kier alpha value is -0.830. The third-order valence-electron chi connectivity index (χ3n) is 5.94. The number of piperidine rings is 1. The van der Waals surface area contributed by atoms with E-state index in [4.69, 9.17) is 9.73 Å². The van der Waals surface area contributed by atoms with Crippen LogP contribution in [0, 0.1) is 5.92 Å². The first kappa shape index (κ1) is 23.4. The molecular weight excluding hydrogens is 533 g/mol. The van der Waals surface area contributed by atoms with Gasteiger partial charge in [-0.3, -0.25) is 9.79 Å². The maximum absolute atomic E-state index is 11.8. The van der Waals surface area contributed by atoms with E-state index >= 15 is 0 Å². The SMILES string of the molecule is CCNC(=NCC1(c2cccc(Br)c2)CCC1)N1CCC(C(=O)OC)CC1.I. The Kier molecular flexibility index (Phi) is 9.05. The zero-order valence-electron chi connectivity index (χ0n) is 16.7. The lowest BCUT2D eigenvalue weighted by Gasteiger charge is -2.42. The van der Waals surface area contributed by atoms with Crippen LogP contribution in [-0.4, -0.2) is 50.1 Å². The fourth-order valence-corrected chi connectivity index (χ4v) is 4.50. The molecule has 0 atom stereocenters. The van der Waals surface area contributed by atoms with Gasteiger partial charge in [-0.05, 0) is 50.3 Å². The lowest BCUT2D eigenvalue weighted by Crippen LogP contribution is -2.47. The summed E-state index contributed by atoms with van der Waals surface area (Å²) in [5.41, 5.74) is 1.54. The molecule has 1 aromatic rings. The molecule has 28 heavy (non-hydrogen) atoms. The number of esters is 1. The highest BCUT2D eigenvalue weighted by Crippen LogP contribution is 2.44. The first-order valence-electron chi connectivity index (χ1n) is 9.95. The normalized spacial score (nSPS) is 19.4. The van der Waals surface area contributed by atoms with Crippen LogP contribution in [0.5, 0.6) is 0 Å². The fraction of sp³-hybridized carbons (Fsp3) is 0.619. The van der Waals surface area contributed by atoms with Gasteiger partial charge in [0.25, 0.3) is 0 Å². The molecule has 1 saturated carbocycles. The van der Waals surface area contributed by atoms with Crippen molar-refractivity contribution in [2.45, 2.75) is 44.4 Å². The third kappa shape index (κ3) is 5.40. The van der Waals surface area contributed by atoms with E-state index in [2.05, 4.69) is 57.3 Å². The highest BCUT2D eigenvalue weighted by Gasteiger charge is 2.39.